The number of carbonyl (C=O) groups excluding carboxylic acids is 1. The van der Waals surface area contributed by atoms with Gasteiger partial charge >= 0.3 is 0 Å². The highest BCUT2D eigenvalue weighted by Gasteiger charge is 2.32. The lowest BCUT2D eigenvalue weighted by Crippen LogP contribution is -2.46. The first-order valence-corrected chi connectivity index (χ1v) is 10.1. The van der Waals surface area contributed by atoms with Gasteiger partial charge in [0.15, 0.2) is 11.6 Å². The van der Waals surface area contributed by atoms with Crippen LogP contribution in [0.2, 0.25) is 0 Å². The van der Waals surface area contributed by atoms with Crippen molar-refractivity contribution in [1.82, 2.24) is 4.90 Å². The minimum atomic E-state index is -0.357. The Morgan fingerprint density at radius 2 is 2.14 bits per heavy atom. The number of hydrogen-bond acceptors (Lipinski definition) is 4. The third-order valence-electron chi connectivity index (χ3n) is 5.67. The molecule has 29 heavy (non-hydrogen) atoms. The van der Waals surface area contributed by atoms with E-state index >= 15 is 0 Å². The lowest BCUT2D eigenvalue weighted by Gasteiger charge is -2.36. The molecule has 2 aromatic carbocycles. The van der Waals surface area contributed by atoms with Crippen molar-refractivity contribution >= 4 is 5.91 Å². The van der Waals surface area contributed by atoms with Gasteiger partial charge in [-0.05, 0) is 55.2 Å². The predicted molar refractivity (Wildman–Crippen MR) is 107 cm³/mol. The van der Waals surface area contributed by atoms with Crippen molar-refractivity contribution in [2.24, 2.45) is 11.8 Å². The molecular formula is C23H26FNO4. The van der Waals surface area contributed by atoms with E-state index in [2.05, 4.69) is 0 Å². The quantitative estimate of drug-likeness (QED) is 0.769. The fourth-order valence-corrected chi connectivity index (χ4v) is 4.09. The third-order valence-corrected chi connectivity index (χ3v) is 5.67. The Balaban J connectivity index is 1.35. The summed E-state index contributed by atoms with van der Waals surface area (Å²) in [4.78, 5) is 15.0. The van der Waals surface area contributed by atoms with Gasteiger partial charge in [-0.1, -0.05) is 12.1 Å². The molecule has 2 aromatic rings. The van der Waals surface area contributed by atoms with E-state index in [1.54, 1.807) is 25.3 Å². The van der Waals surface area contributed by atoms with Crippen molar-refractivity contribution in [2.45, 2.75) is 19.3 Å². The molecule has 1 saturated heterocycles. The minimum Gasteiger partial charge on any atom is -0.497 e. The first-order chi connectivity index (χ1) is 14.1. The summed E-state index contributed by atoms with van der Waals surface area (Å²) < 4.78 is 30.5. The molecule has 0 radical (unpaired) electrons. The van der Waals surface area contributed by atoms with Gasteiger partial charge in [0.05, 0.1) is 19.6 Å². The molecule has 0 N–H and O–H groups in total. The monoisotopic (exact) mass is 399 g/mol. The van der Waals surface area contributed by atoms with Crippen molar-refractivity contribution in [3.05, 3.63) is 53.8 Å². The fourth-order valence-electron chi connectivity index (χ4n) is 4.09. The lowest BCUT2D eigenvalue weighted by molar-refractivity contribution is -0.139. The van der Waals surface area contributed by atoms with Crippen LogP contribution < -0.4 is 14.2 Å². The lowest BCUT2D eigenvalue weighted by atomic mass is 9.93. The molecule has 6 heteroatoms. The maximum atomic E-state index is 13.8. The molecule has 4 rings (SSSR count). The van der Waals surface area contributed by atoms with Crippen molar-refractivity contribution in [3.8, 4) is 17.2 Å². The Morgan fingerprint density at radius 3 is 2.97 bits per heavy atom. The van der Waals surface area contributed by atoms with E-state index in [9.17, 15) is 9.18 Å². The summed E-state index contributed by atoms with van der Waals surface area (Å²) in [5.41, 5.74) is 1.00. The number of methoxy groups -OCH3 is 1. The summed E-state index contributed by atoms with van der Waals surface area (Å²) >= 11 is 0. The Labute approximate surface area is 170 Å². The summed E-state index contributed by atoms with van der Waals surface area (Å²) in [5.74, 6) is 1.62. The van der Waals surface area contributed by atoms with Gasteiger partial charge in [-0.3, -0.25) is 4.79 Å². The third kappa shape index (κ3) is 4.47. The molecule has 0 aliphatic carbocycles. The molecule has 2 aliphatic rings. The van der Waals surface area contributed by atoms with Gasteiger partial charge in [-0.25, -0.2) is 4.39 Å². The van der Waals surface area contributed by atoms with Crippen LogP contribution in [0.15, 0.2) is 42.5 Å². The number of ether oxygens (including phenoxy) is 3. The Bertz CT molecular complexity index is 872. The smallest absolute Gasteiger partial charge is 0.229 e. The van der Waals surface area contributed by atoms with E-state index < -0.39 is 0 Å². The van der Waals surface area contributed by atoms with E-state index in [4.69, 9.17) is 14.2 Å². The Hall–Kier alpha value is -2.76. The molecule has 0 aromatic heterocycles. The molecule has 5 nitrogen and oxygen atoms in total. The van der Waals surface area contributed by atoms with E-state index in [1.807, 2.05) is 23.1 Å². The van der Waals surface area contributed by atoms with Crippen molar-refractivity contribution < 1.29 is 23.4 Å². The van der Waals surface area contributed by atoms with Gasteiger partial charge in [0.1, 0.15) is 18.1 Å². The SMILES string of the molecule is COc1ccc2c(c1)C[C@H](C(=O)N1CCC[C@@H](COc3ccccc3F)C1)CO2. The number of benzene rings is 2. The first-order valence-electron chi connectivity index (χ1n) is 10.1. The van der Waals surface area contributed by atoms with Crippen LogP contribution in [0.25, 0.3) is 0 Å². The van der Waals surface area contributed by atoms with Gasteiger partial charge in [0.2, 0.25) is 5.91 Å². The molecular weight excluding hydrogens is 373 g/mol. The molecule has 2 atom stereocenters. The van der Waals surface area contributed by atoms with Crippen LogP contribution in [0.4, 0.5) is 4.39 Å². The molecule has 2 aliphatic heterocycles. The van der Waals surface area contributed by atoms with E-state index in [0.29, 0.717) is 26.2 Å². The average molecular weight is 399 g/mol. The zero-order chi connectivity index (χ0) is 20.2. The van der Waals surface area contributed by atoms with Crippen LogP contribution >= 0.6 is 0 Å². The maximum absolute atomic E-state index is 13.8. The van der Waals surface area contributed by atoms with E-state index in [0.717, 1.165) is 36.4 Å². The largest absolute Gasteiger partial charge is 0.497 e. The number of fused-ring (bicyclic) bond motifs is 1. The van der Waals surface area contributed by atoms with Crippen LogP contribution in [-0.2, 0) is 11.2 Å². The number of rotatable bonds is 5. The second-order valence-electron chi connectivity index (χ2n) is 7.72. The highest BCUT2D eigenvalue weighted by molar-refractivity contribution is 5.80. The normalized spacial score (nSPS) is 21.1. The van der Waals surface area contributed by atoms with Crippen LogP contribution in [0.1, 0.15) is 18.4 Å². The molecule has 1 fully saturated rings. The highest BCUT2D eigenvalue weighted by atomic mass is 19.1. The minimum absolute atomic E-state index is 0.120. The summed E-state index contributed by atoms with van der Waals surface area (Å²) in [6, 6.07) is 12.1. The van der Waals surface area contributed by atoms with Gasteiger partial charge in [-0.2, -0.15) is 0 Å². The molecule has 0 saturated carbocycles. The van der Waals surface area contributed by atoms with E-state index in [-0.39, 0.29) is 29.3 Å². The zero-order valence-corrected chi connectivity index (χ0v) is 16.6. The number of nitrogens with zero attached hydrogens (tertiary/aromatic N) is 1. The van der Waals surface area contributed by atoms with Gasteiger partial charge < -0.3 is 19.1 Å². The number of likely N-dealkylation sites (tertiary alicyclic amines) is 1. The van der Waals surface area contributed by atoms with Crippen LogP contribution in [0.5, 0.6) is 17.2 Å². The second-order valence-corrected chi connectivity index (χ2v) is 7.72. The zero-order valence-electron chi connectivity index (χ0n) is 16.6. The second kappa shape index (κ2) is 8.72. The van der Waals surface area contributed by atoms with Gasteiger partial charge in [-0.15, -0.1) is 0 Å². The molecule has 2 heterocycles. The van der Waals surface area contributed by atoms with E-state index in [1.165, 1.54) is 6.07 Å². The Morgan fingerprint density at radius 1 is 1.28 bits per heavy atom. The summed E-state index contributed by atoms with van der Waals surface area (Å²) in [5, 5.41) is 0. The van der Waals surface area contributed by atoms with Crippen LogP contribution in [0.3, 0.4) is 0 Å². The van der Waals surface area contributed by atoms with Crippen LogP contribution in [0, 0.1) is 17.7 Å². The molecule has 1 amide bonds. The number of para-hydroxylation sites is 1. The standard InChI is InChI=1S/C23H26FNO4/c1-27-19-8-9-21-17(12-19)11-18(15-29-21)23(26)25-10-4-5-16(13-25)14-28-22-7-3-2-6-20(22)24/h2-3,6-9,12,16,18H,4-5,10-11,13-15H2,1H3/t16-,18+/m1/s1. The maximum Gasteiger partial charge on any atom is 0.229 e. The van der Waals surface area contributed by atoms with Crippen LogP contribution in [-0.4, -0.2) is 44.2 Å². The molecule has 154 valence electrons. The van der Waals surface area contributed by atoms with Crippen molar-refractivity contribution in [2.75, 3.05) is 33.4 Å². The summed E-state index contributed by atoms with van der Waals surface area (Å²) in [6.45, 7) is 2.18. The first kappa shape index (κ1) is 19.6. The molecule has 0 unspecified atom stereocenters. The highest BCUT2D eigenvalue weighted by Crippen LogP contribution is 2.32. The topological polar surface area (TPSA) is 48.0 Å². The van der Waals surface area contributed by atoms with Crippen molar-refractivity contribution in [3.63, 3.8) is 0 Å². The van der Waals surface area contributed by atoms with Gasteiger partial charge in [0, 0.05) is 19.0 Å². The number of piperidine rings is 1. The fraction of sp³-hybridized carbons (Fsp3) is 0.435. The number of halogens is 1. The number of hydrogen-bond donors (Lipinski definition) is 0. The molecule has 0 bridgehead atoms. The van der Waals surface area contributed by atoms with Gasteiger partial charge in [0.25, 0.3) is 0 Å². The predicted octanol–water partition coefficient (Wildman–Crippen LogP) is 3.70. The average Bonchev–Trinajstić information content (AvgIpc) is 2.77. The Kier molecular flexibility index (Phi) is 5.88. The number of amides is 1. The van der Waals surface area contributed by atoms with Crippen molar-refractivity contribution in [1.29, 1.82) is 0 Å². The number of carbonyl (C=O) groups is 1. The summed E-state index contributed by atoms with van der Waals surface area (Å²) in [6.07, 6.45) is 2.55. The molecule has 0 spiro atoms. The summed E-state index contributed by atoms with van der Waals surface area (Å²) in [7, 11) is 1.63.